The van der Waals surface area contributed by atoms with Gasteiger partial charge in [-0.15, -0.1) is 0 Å². The lowest BCUT2D eigenvalue weighted by Gasteiger charge is -1.94. The standard InChI is InChI=1S/C7H7IN2O/c1-10-5-3-2-4-6(10)7(11)9-8/h2-5H,1H3/p+1. The van der Waals surface area contributed by atoms with Crippen LogP contribution in [0.15, 0.2) is 24.4 Å². The van der Waals surface area contributed by atoms with Crippen LogP contribution in [0.5, 0.6) is 0 Å². The van der Waals surface area contributed by atoms with E-state index in [0.717, 1.165) is 0 Å². The molecule has 0 spiro atoms. The molecule has 1 aromatic heterocycles. The lowest BCUT2D eigenvalue weighted by Crippen LogP contribution is -2.37. The molecule has 0 bridgehead atoms. The summed E-state index contributed by atoms with van der Waals surface area (Å²) in [6.45, 7) is 0. The monoisotopic (exact) mass is 263 g/mol. The summed E-state index contributed by atoms with van der Waals surface area (Å²) in [6.07, 6.45) is 1.83. The van der Waals surface area contributed by atoms with Crippen molar-refractivity contribution in [1.29, 1.82) is 0 Å². The summed E-state index contributed by atoms with van der Waals surface area (Å²) in [5.74, 6) is -0.0753. The van der Waals surface area contributed by atoms with Crippen LogP contribution in [-0.4, -0.2) is 5.91 Å². The highest BCUT2D eigenvalue weighted by atomic mass is 127. The number of rotatable bonds is 1. The van der Waals surface area contributed by atoms with Crippen molar-refractivity contribution < 1.29 is 9.36 Å². The Morgan fingerprint density at radius 2 is 2.36 bits per heavy atom. The predicted octanol–water partition coefficient (Wildman–Crippen LogP) is 0.591. The first kappa shape index (κ1) is 8.45. The van der Waals surface area contributed by atoms with Gasteiger partial charge in [-0.1, -0.05) is 0 Å². The van der Waals surface area contributed by atoms with Crippen LogP contribution in [0.3, 0.4) is 0 Å². The molecular formula is C7H8IN2O+. The van der Waals surface area contributed by atoms with Gasteiger partial charge >= 0.3 is 5.91 Å². The van der Waals surface area contributed by atoms with Gasteiger partial charge in [-0.25, -0.2) is 0 Å². The molecule has 0 aliphatic heterocycles. The number of hydrogen-bond donors (Lipinski definition) is 1. The van der Waals surface area contributed by atoms with Crippen LogP contribution in [0.2, 0.25) is 0 Å². The van der Waals surface area contributed by atoms with Crippen molar-refractivity contribution in [3.63, 3.8) is 0 Å². The third-order valence-corrected chi connectivity index (χ3v) is 1.86. The molecule has 58 valence electrons. The molecule has 0 radical (unpaired) electrons. The van der Waals surface area contributed by atoms with Crippen LogP contribution >= 0.6 is 22.9 Å². The van der Waals surface area contributed by atoms with Crippen molar-refractivity contribution in [1.82, 2.24) is 3.53 Å². The molecule has 0 unspecified atom stereocenters. The van der Waals surface area contributed by atoms with E-state index in [-0.39, 0.29) is 5.91 Å². The van der Waals surface area contributed by atoms with Gasteiger partial charge in [-0.2, -0.15) is 4.57 Å². The predicted molar refractivity (Wildman–Crippen MR) is 49.1 cm³/mol. The third-order valence-electron chi connectivity index (χ3n) is 1.37. The number of carbonyl (C=O) groups is 1. The Hall–Kier alpha value is -0.650. The average molecular weight is 263 g/mol. The second kappa shape index (κ2) is 3.66. The van der Waals surface area contributed by atoms with Gasteiger partial charge in [0.15, 0.2) is 6.20 Å². The number of aromatic nitrogens is 1. The highest BCUT2D eigenvalue weighted by Crippen LogP contribution is 1.90. The average Bonchev–Trinajstić information content (AvgIpc) is 2.04. The quantitative estimate of drug-likeness (QED) is 0.449. The largest absolute Gasteiger partial charge is 0.324 e. The summed E-state index contributed by atoms with van der Waals surface area (Å²) in [6, 6.07) is 5.49. The molecule has 11 heavy (non-hydrogen) atoms. The zero-order valence-electron chi connectivity index (χ0n) is 6.04. The van der Waals surface area contributed by atoms with Gasteiger partial charge in [-0.3, -0.25) is 8.32 Å². The Morgan fingerprint density at radius 1 is 1.64 bits per heavy atom. The summed E-state index contributed by atoms with van der Waals surface area (Å²) >= 11 is 1.82. The van der Waals surface area contributed by atoms with Crippen LogP contribution in [0.4, 0.5) is 0 Å². The summed E-state index contributed by atoms with van der Waals surface area (Å²) in [5.41, 5.74) is 0.655. The lowest BCUT2D eigenvalue weighted by molar-refractivity contribution is -0.673. The van der Waals surface area contributed by atoms with Crippen LogP contribution < -0.4 is 8.10 Å². The van der Waals surface area contributed by atoms with Crippen molar-refractivity contribution in [2.45, 2.75) is 0 Å². The SMILES string of the molecule is C[n+]1ccccc1C(=O)NI. The zero-order chi connectivity index (χ0) is 8.27. The fourth-order valence-corrected chi connectivity index (χ4v) is 1.08. The molecule has 1 N–H and O–H groups in total. The fraction of sp³-hybridized carbons (Fsp3) is 0.143. The Bertz CT molecular complexity index is 275. The van der Waals surface area contributed by atoms with E-state index in [4.69, 9.17) is 0 Å². The smallest absolute Gasteiger partial charge is 0.289 e. The summed E-state index contributed by atoms with van der Waals surface area (Å²) in [4.78, 5) is 11.1. The first-order chi connectivity index (χ1) is 5.25. The number of hydrogen-bond acceptors (Lipinski definition) is 1. The third kappa shape index (κ3) is 1.89. The highest BCUT2D eigenvalue weighted by Gasteiger charge is 2.12. The van der Waals surface area contributed by atoms with Crippen molar-refractivity contribution in [2.24, 2.45) is 7.05 Å². The van der Waals surface area contributed by atoms with Gasteiger partial charge in [0.25, 0.3) is 5.69 Å². The molecule has 0 aliphatic carbocycles. The first-order valence-electron chi connectivity index (χ1n) is 3.11. The fourth-order valence-electron chi connectivity index (χ4n) is 0.808. The molecular weight excluding hydrogens is 255 g/mol. The molecule has 0 saturated heterocycles. The molecule has 1 amide bonds. The van der Waals surface area contributed by atoms with Gasteiger partial charge in [0, 0.05) is 12.1 Å². The van der Waals surface area contributed by atoms with Gasteiger partial charge in [-0.05, 0) is 6.07 Å². The molecule has 0 aliphatic rings. The van der Waals surface area contributed by atoms with E-state index in [0.29, 0.717) is 5.69 Å². The molecule has 1 rings (SSSR count). The number of nitrogens with one attached hydrogen (secondary N) is 1. The van der Waals surface area contributed by atoms with Crippen LogP contribution in [0.1, 0.15) is 10.5 Å². The number of amides is 1. The molecule has 0 saturated carbocycles. The summed E-state index contributed by atoms with van der Waals surface area (Å²) in [7, 11) is 1.83. The molecule has 0 fully saturated rings. The van der Waals surface area contributed by atoms with Gasteiger partial charge in [0.1, 0.15) is 7.05 Å². The van der Waals surface area contributed by atoms with E-state index in [1.54, 1.807) is 10.6 Å². The minimum atomic E-state index is -0.0753. The van der Waals surface area contributed by atoms with Gasteiger partial charge < -0.3 is 0 Å². The van der Waals surface area contributed by atoms with E-state index in [1.165, 1.54) is 0 Å². The van der Waals surface area contributed by atoms with Crippen molar-refractivity contribution in [2.75, 3.05) is 0 Å². The maximum Gasteiger partial charge on any atom is 0.324 e. The molecule has 0 aromatic carbocycles. The van der Waals surface area contributed by atoms with E-state index in [9.17, 15) is 4.79 Å². The van der Waals surface area contributed by atoms with Crippen LogP contribution in [0, 0.1) is 0 Å². The van der Waals surface area contributed by atoms with Crippen molar-refractivity contribution >= 4 is 28.8 Å². The Labute approximate surface area is 78.9 Å². The van der Waals surface area contributed by atoms with Crippen LogP contribution in [0.25, 0.3) is 0 Å². The number of nitrogens with zero attached hydrogens (tertiary/aromatic N) is 1. The normalized spacial score (nSPS) is 9.27. The summed E-state index contributed by atoms with van der Waals surface area (Å²) in [5, 5.41) is 0. The molecule has 1 heterocycles. The van der Waals surface area contributed by atoms with E-state index < -0.39 is 0 Å². The number of pyridine rings is 1. The molecule has 4 heteroatoms. The first-order valence-corrected chi connectivity index (χ1v) is 4.19. The molecule has 0 atom stereocenters. The van der Waals surface area contributed by atoms with Gasteiger partial charge in [0.05, 0.1) is 22.9 Å². The maximum absolute atomic E-state index is 11.1. The Balaban J connectivity index is 3.03. The van der Waals surface area contributed by atoms with E-state index in [1.807, 2.05) is 48.2 Å². The zero-order valence-corrected chi connectivity index (χ0v) is 8.20. The van der Waals surface area contributed by atoms with E-state index >= 15 is 0 Å². The topological polar surface area (TPSA) is 33.0 Å². The second-order valence-corrected chi connectivity index (χ2v) is 2.66. The lowest BCUT2D eigenvalue weighted by atomic mass is 10.3. The molecule has 1 aromatic rings. The Kier molecular flexibility index (Phi) is 2.81. The maximum atomic E-state index is 11.1. The summed E-state index contributed by atoms with van der Waals surface area (Å²) < 4.78 is 4.30. The second-order valence-electron chi connectivity index (χ2n) is 2.12. The number of carbonyl (C=O) groups excluding carboxylic acids is 1. The Morgan fingerprint density at radius 3 is 2.91 bits per heavy atom. The van der Waals surface area contributed by atoms with Crippen molar-refractivity contribution in [3.05, 3.63) is 30.1 Å². The number of halogens is 1. The van der Waals surface area contributed by atoms with E-state index in [2.05, 4.69) is 3.53 Å². The minimum absolute atomic E-state index is 0.0753. The molecule has 3 nitrogen and oxygen atoms in total. The highest BCUT2D eigenvalue weighted by molar-refractivity contribution is 14.1. The van der Waals surface area contributed by atoms with Crippen LogP contribution in [-0.2, 0) is 7.05 Å². The van der Waals surface area contributed by atoms with Crippen molar-refractivity contribution in [3.8, 4) is 0 Å². The minimum Gasteiger partial charge on any atom is -0.289 e. The van der Waals surface area contributed by atoms with Gasteiger partial charge in [0.2, 0.25) is 0 Å². The number of aryl methyl sites for hydroxylation is 1.